The third kappa shape index (κ3) is 2.09. The van der Waals surface area contributed by atoms with Gasteiger partial charge in [0, 0.05) is 12.8 Å². The van der Waals surface area contributed by atoms with Gasteiger partial charge in [-0.3, -0.25) is 4.79 Å². The second-order valence-corrected chi connectivity index (χ2v) is 9.57. The Morgan fingerprint density at radius 3 is 2.62 bits per heavy atom. The van der Waals surface area contributed by atoms with Crippen molar-refractivity contribution in [3.63, 3.8) is 0 Å². The second-order valence-electron chi connectivity index (χ2n) is 9.57. The van der Waals surface area contributed by atoms with Crippen LogP contribution in [0, 0.1) is 41.1 Å². The molecule has 4 rings (SSSR count). The molecule has 0 saturated heterocycles. The molecule has 0 unspecified atom stereocenters. The summed E-state index contributed by atoms with van der Waals surface area (Å²) in [5, 5.41) is 0. The molecule has 4 aliphatic rings. The fourth-order valence-electron chi connectivity index (χ4n) is 7.52. The smallest absolute Gasteiger partial charge is 0.162 e. The van der Waals surface area contributed by atoms with Crippen LogP contribution in [-0.4, -0.2) is 5.78 Å². The first kappa shape index (κ1) is 16.4. The molecule has 0 N–H and O–H groups in total. The van der Waals surface area contributed by atoms with Crippen LogP contribution in [0.1, 0.15) is 78.6 Å². The number of rotatable bonds is 0. The normalized spacial score (nSPS) is 49.7. The zero-order valence-electron chi connectivity index (χ0n) is 15.5. The molecule has 0 radical (unpaired) electrons. The second kappa shape index (κ2) is 5.45. The van der Waals surface area contributed by atoms with Crippen LogP contribution in [0.25, 0.3) is 4.85 Å². The first-order valence-electron chi connectivity index (χ1n) is 9.99. The summed E-state index contributed by atoms with van der Waals surface area (Å²) in [6.07, 6.45) is 10.4. The third-order valence-electron chi connectivity index (χ3n) is 8.87. The van der Waals surface area contributed by atoms with Crippen LogP contribution in [0.5, 0.6) is 0 Å². The van der Waals surface area contributed by atoms with Crippen LogP contribution >= 0.6 is 0 Å². The average molecular weight is 325 g/mol. The molecule has 0 heterocycles. The topological polar surface area (TPSA) is 21.4 Å². The molecule has 0 aromatic heterocycles. The molecule has 0 bridgehead atoms. The van der Waals surface area contributed by atoms with Gasteiger partial charge in [0.05, 0.1) is 6.57 Å². The van der Waals surface area contributed by atoms with Crippen LogP contribution in [-0.2, 0) is 4.79 Å². The Morgan fingerprint density at radius 1 is 1.08 bits per heavy atom. The van der Waals surface area contributed by atoms with Crippen molar-refractivity contribution in [1.29, 1.82) is 0 Å². The highest BCUT2D eigenvalue weighted by molar-refractivity contribution is 5.79. The van der Waals surface area contributed by atoms with Gasteiger partial charge < -0.3 is 0 Å². The molecule has 6 atom stereocenters. The highest BCUT2D eigenvalue weighted by Crippen LogP contribution is 2.67. The molecule has 0 aromatic rings. The Balaban J connectivity index is 1.66. The first-order chi connectivity index (χ1) is 11.4. The molecular weight excluding hydrogens is 294 g/mol. The Labute approximate surface area is 146 Å². The largest absolute Gasteiger partial charge is 0.300 e. The number of carbonyl (C=O) groups excluding carboxylic acids is 1. The molecule has 4 fully saturated rings. The van der Waals surface area contributed by atoms with E-state index in [-0.39, 0.29) is 5.41 Å². The molecule has 0 spiro atoms. The summed E-state index contributed by atoms with van der Waals surface area (Å²) >= 11 is 0. The number of hydrogen-bond donors (Lipinski definition) is 0. The maximum absolute atomic E-state index is 12.0. The van der Waals surface area contributed by atoms with Crippen LogP contribution in [0.2, 0.25) is 0 Å². The lowest BCUT2D eigenvalue weighted by Gasteiger charge is -2.60. The van der Waals surface area contributed by atoms with E-state index < -0.39 is 0 Å². The fraction of sp³-hybridized carbons (Fsp3) is 0.818. The highest BCUT2D eigenvalue weighted by atomic mass is 16.1. The van der Waals surface area contributed by atoms with Crippen molar-refractivity contribution in [1.82, 2.24) is 0 Å². The zero-order chi connectivity index (χ0) is 17.1. The van der Waals surface area contributed by atoms with E-state index in [1.165, 1.54) is 37.7 Å². The van der Waals surface area contributed by atoms with E-state index in [0.29, 0.717) is 17.1 Å². The van der Waals surface area contributed by atoms with Crippen LogP contribution in [0.3, 0.4) is 0 Å². The minimum atomic E-state index is 0.281. The Hall–Kier alpha value is -1.10. The van der Waals surface area contributed by atoms with Crippen molar-refractivity contribution in [3.05, 3.63) is 22.7 Å². The number of nitrogens with zero attached hydrogens (tertiary/aromatic N) is 1. The maximum Gasteiger partial charge on any atom is 0.162 e. The van der Waals surface area contributed by atoms with Gasteiger partial charge in [0.25, 0.3) is 0 Å². The molecule has 2 nitrogen and oxygen atoms in total. The predicted octanol–water partition coefficient (Wildman–Crippen LogP) is 5.79. The van der Waals surface area contributed by atoms with E-state index in [1.807, 2.05) is 6.92 Å². The lowest BCUT2D eigenvalue weighted by Crippen LogP contribution is -2.53. The van der Waals surface area contributed by atoms with Crippen LogP contribution in [0.4, 0.5) is 0 Å². The third-order valence-corrected chi connectivity index (χ3v) is 8.87. The summed E-state index contributed by atoms with van der Waals surface area (Å²) in [6, 6.07) is 0. The summed E-state index contributed by atoms with van der Waals surface area (Å²) < 4.78 is 0. The Morgan fingerprint density at radius 2 is 1.88 bits per heavy atom. The van der Waals surface area contributed by atoms with Gasteiger partial charge >= 0.3 is 0 Å². The summed E-state index contributed by atoms with van der Waals surface area (Å²) in [4.78, 5) is 15.8. The predicted molar refractivity (Wildman–Crippen MR) is 96.0 cm³/mol. The monoisotopic (exact) mass is 325 g/mol. The standard InChI is InChI=1S/C22H31NO/c1-14(23-4)18-7-8-19-17-6-5-15-13-16(24)9-11-21(15,2)20(17)10-12-22(18,19)3/h15,17,19-20H,5-13H2,1-3H3/b18-14-/t15-,17+,19+,20+,21+,22-/m1/s1. The number of fused-ring (bicyclic) bond motifs is 5. The van der Waals surface area contributed by atoms with Gasteiger partial charge in [-0.1, -0.05) is 19.4 Å². The van der Waals surface area contributed by atoms with Crippen molar-refractivity contribution in [2.24, 2.45) is 34.5 Å². The van der Waals surface area contributed by atoms with E-state index in [9.17, 15) is 4.79 Å². The minimum Gasteiger partial charge on any atom is -0.300 e. The van der Waals surface area contributed by atoms with Crippen molar-refractivity contribution in [3.8, 4) is 0 Å². The molecule has 2 heteroatoms. The molecule has 130 valence electrons. The lowest BCUT2D eigenvalue weighted by molar-refractivity contribution is -0.136. The molecule has 0 aromatic carbocycles. The number of allylic oxidation sites excluding steroid dienone is 2. The number of hydrogen-bond acceptors (Lipinski definition) is 1. The molecular formula is C22H31NO. The maximum atomic E-state index is 12.0. The van der Waals surface area contributed by atoms with Gasteiger partial charge in [-0.2, -0.15) is 0 Å². The minimum absolute atomic E-state index is 0.281. The molecule has 4 saturated carbocycles. The number of ketones is 1. The summed E-state index contributed by atoms with van der Waals surface area (Å²) in [5.41, 5.74) is 3.14. The SMILES string of the molecule is [C-]#[N+]/C(C)=C1/CC[C@H]2[C@@H]3CC[C@@H]4CC(=O)CC[C@]4(C)[C@H]3CC[C@]12C. The summed E-state index contributed by atoms with van der Waals surface area (Å²) in [6.45, 7) is 14.5. The van der Waals surface area contributed by atoms with Crippen molar-refractivity contribution in [2.75, 3.05) is 0 Å². The molecule has 0 aliphatic heterocycles. The van der Waals surface area contributed by atoms with Crippen LogP contribution in [0.15, 0.2) is 11.3 Å². The van der Waals surface area contributed by atoms with Gasteiger partial charge in [-0.05, 0) is 86.4 Å². The van der Waals surface area contributed by atoms with Gasteiger partial charge in [0.15, 0.2) is 5.70 Å². The van der Waals surface area contributed by atoms with Crippen LogP contribution < -0.4 is 0 Å². The highest BCUT2D eigenvalue weighted by Gasteiger charge is 2.59. The first-order valence-corrected chi connectivity index (χ1v) is 9.99. The van der Waals surface area contributed by atoms with E-state index >= 15 is 0 Å². The number of Topliss-reactive ketones (excluding diaryl/α,β-unsaturated/α-hetero) is 1. The van der Waals surface area contributed by atoms with E-state index in [4.69, 9.17) is 6.57 Å². The van der Waals surface area contributed by atoms with E-state index in [0.717, 1.165) is 49.1 Å². The lowest BCUT2D eigenvalue weighted by atomic mass is 9.45. The van der Waals surface area contributed by atoms with E-state index in [1.54, 1.807) is 0 Å². The van der Waals surface area contributed by atoms with Crippen molar-refractivity contribution >= 4 is 5.78 Å². The van der Waals surface area contributed by atoms with Gasteiger partial charge in [0.1, 0.15) is 5.78 Å². The number of carbonyl (C=O) groups is 1. The van der Waals surface area contributed by atoms with Crippen molar-refractivity contribution < 1.29 is 4.79 Å². The Kier molecular flexibility index (Phi) is 3.72. The van der Waals surface area contributed by atoms with Crippen molar-refractivity contribution in [2.45, 2.75) is 78.6 Å². The van der Waals surface area contributed by atoms with Gasteiger partial charge in [-0.25, -0.2) is 4.85 Å². The quantitative estimate of drug-likeness (QED) is 0.516. The summed E-state index contributed by atoms with van der Waals surface area (Å²) in [7, 11) is 0. The fourth-order valence-corrected chi connectivity index (χ4v) is 7.52. The average Bonchev–Trinajstić information content (AvgIpc) is 2.92. The summed E-state index contributed by atoms with van der Waals surface area (Å²) in [5.74, 6) is 3.57. The van der Waals surface area contributed by atoms with Gasteiger partial charge in [0.2, 0.25) is 0 Å². The van der Waals surface area contributed by atoms with Gasteiger partial charge in [-0.15, -0.1) is 0 Å². The molecule has 0 amide bonds. The molecule has 24 heavy (non-hydrogen) atoms. The zero-order valence-corrected chi connectivity index (χ0v) is 15.5. The Bertz CT molecular complexity index is 641. The molecule has 4 aliphatic carbocycles. The van der Waals surface area contributed by atoms with E-state index in [2.05, 4.69) is 18.7 Å².